The molecule has 7 unspecified atom stereocenters. The minimum Gasteiger partial charge on any atom is -0.356 e. The first-order valence-electron chi connectivity index (χ1n) is 11.7. The van der Waals surface area contributed by atoms with E-state index in [-0.39, 0.29) is 59.5 Å². The number of rotatable bonds is 5. The lowest BCUT2D eigenvalue weighted by atomic mass is 9.85. The van der Waals surface area contributed by atoms with Crippen LogP contribution < -0.4 is 10.6 Å². The molecule has 7 heteroatoms. The van der Waals surface area contributed by atoms with Crippen LogP contribution in [0.5, 0.6) is 0 Å². The minimum absolute atomic E-state index is 0. The maximum Gasteiger partial charge on any atom is 0.233 e. The van der Waals surface area contributed by atoms with E-state index in [1.165, 1.54) is 28.9 Å². The standard InChI is InChI=1S/C25H30N4O2.HI/c1-26-25(28-13-19-18-9-8-14-4-2-3-5-17(14)22(18)19)27-10-11-29-23(30)20-15-6-7-16(12-15)21(20)24(29)31;/h2-7,15-16,18-22H,8-13H2,1H3,(H2,26,27,28);1H. The number of nitrogens with one attached hydrogen (secondary N) is 2. The summed E-state index contributed by atoms with van der Waals surface area (Å²) in [5.41, 5.74) is 3.05. The summed E-state index contributed by atoms with van der Waals surface area (Å²) in [6.07, 6.45) is 7.72. The molecule has 1 aromatic rings. The largest absolute Gasteiger partial charge is 0.356 e. The summed E-state index contributed by atoms with van der Waals surface area (Å²) in [7, 11) is 1.77. The molecule has 1 saturated heterocycles. The fourth-order valence-corrected chi connectivity index (χ4v) is 6.89. The number of hydrogen-bond acceptors (Lipinski definition) is 3. The zero-order valence-electron chi connectivity index (χ0n) is 18.4. The molecule has 4 aliphatic carbocycles. The Morgan fingerprint density at radius 3 is 2.50 bits per heavy atom. The molecule has 0 spiro atoms. The molecular formula is C25H31IN4O2. The molecule has 32 heavy (non-hydrogen) atoms. The molecule has 6 rings (SSSR count). The predicted octanol–water partition coefficient (Wildman–Crippen LogP) is 2.55. The number of benzene rings is 1. The van der Waals surface area contributed by atoms with Crippen molar-refractivity contribution in [2.45, 2.75) is 25.2 Å². The number of allylic oxidation sites excluding steroid dienone is 2. The van der Waals surface area contributed by atoms with E-state index in [0.717, 1.165) is 24.8 Å². The minimum atomic E-state index is -0.110. The van der Waals surface area contributed by atoms with Gasteiger partial charge in [-0.3, -0.25) is 19.5 Å². The summed E-state index contributed by atoms with van der Waals surface area (Å²) in [5, 5.41) is 6.77. The van der Waals surface area contributed by atoms with Crippen LogP contribution in [0.25, 0.3) is 0 Å². The Balaban J connectivity index is 0.00000216. The lowest BCUT2D eigenvalue weighted by Crippen LogP contribution is -2.44. The number of likely N-dealkylation sites (tertiary alicyclic amines) is 1. The van der Waals surface area contributed by atoms with Gasteiger partial charge in [-0.25, -0.2) is 0 Å². The van der Waals surface area contributed by atoms with Gasteiger partial charge in [-0.1, -0.05) is 36.4 Å². The third-order valence-electron chi connectivity index (χ3n) is 8.41. The van der Waals surface area contributed by atoms with Crippen molar-refractivity contribution in [2.24, 2.45) is 40.5 Å². The van der Waals surface area contributed by atoms with Crippen molar-refractivity contribution in [3.05, 3.63) is 47.5 Å². The molecule has 3 fully saturated rings. The average molecular weight is 546 g/mol. The Bertz CT molecular complexity index is 962. The molecule has 2 N–H and O–H groups in total. The van der Waals surface area contributed by atoms with Crippen molar-refractivity contribution in [3.8, 4) is 0 Å². The van der Waals surface area contributed by atoms with Crippen LogP contribution in [-0.2, 0) is 16.0 Å². The van der Waals surface area contributed by atoms with Crippen LogP contribution in [0.3, 0.4) is 0 Å². The van der Waals surface area contributed by atoms with Gasteiger partial charge in [0, 0.05) is 26.7 Å². The highest BCUT2D eigenvalue weighted by Crippen LogP contribution is 2.59. The topological polar surface area (TPSA) is 73.8 Å². The van der Waals surface area contributed by atoms with Gasteiger partial charge in [-0.05, 0) is 60.0 Å². The first kappa shape index (κ1) is 21.9. The van der Waals surface area contributed by atoms with E-state index < -0.39 is 0 Å². The van der Waals surface area contributed by atoms with E-state index in [1.807, 2.05) is 0 Å². The van der Waals surface area contributed by atoms with Crippen molar-refractivity contribution in [2.75, 3.05) is 26.7 Å². The first-order valence-corrected chi connectivity index (χ1v) is 11.7. The summed E-state index contributed by atoms with van der Waals surface area (Å²) in [4.78, 5) is 31.4. The summed E-state index contributed by atoms with van der Waals surface area (Å²) in [5.74, 6) is 3.24. The average Bonchev–Trinajstić information content (AvgIpc) is 3.05. The van der Waals surface area contributed by atoms with Gasteiger partial charge < -0.3 is 10.6 Å². The van der Waals surface area contributed by atoms with Gasteiger partial charge in [0.1, 0.15) is 0 Å². The number of fused-ring (bicyclic) bond motifs is 8. The smallest absolute Gasteiger partial charge is 0.233 e. The zero-order valence-corrected chi connectivity index (χ0v) is 20.7. The Hall–Kier alpha value is -1.90. The van der Waals surface area contributed by atoms with E-state index >= 15 is 0 Å². The van der Waals surface area contributed by atoms with Gasteiger partial charge >= 0.3 is 0 Å². The highest BCUT2D eigenvalue weighted by Gasteiger charge is 2.59. The molecular weight excluding hydrogens is 515 g/mol. The number of aliphatic imine (C=N–C) groups is 1. The van der Waals surface area contributed by atoms with Gasteiger partial charge in [-0.15, -0.1) is 24.0 Å². The molecule has 0 aromatic heterocycles. The SMILES string of the molecule is CN=C(NCCN1C(=O)C2C3C=CC(C3)C2C1=O)NCC1C2CCc3ccccc3C21.I. The zero-order chi connectivity index (χ0) is 21.1. The normalized spacial score (nSPS) is 35.8. The number of amides is 2. The van der Waals surface area contributed by atoms with Gasteiger partial charge in [-0.2, -0.15) is 0 Å². The first-order chi connectivity index (χ1) is 15.2. The quantitative estimate of drug-likeness (QED) is 0.196. The summed E-state index contributed by atoms with van der Waals surface area (Å²) < 4.78 is 0. The van der Waals surface area contributed by atoms with Crippen LogP contribution in [0.2, 0.25) is 0 Å². The molecule has 2 amide bonds. The fraction of sp³-hybridized carbons (Fsp3) is 0.560. The number of nitrogens with zero attached hydrogens (tertiary/aromatic N) is 2. The second-order valence-corrected chi connectivity index (χ2v) is 9.80. The van der Waals surface area contributed by atoms with Crippen LogP contribution in [0, 0.1) is 35.5 Å². The third kappa shape index (κ3) is 3.38. The number of carbonyl (C=O) groups excluding carboxylic acids is 2. The lowest BCUT2D eigenvalue weighted by Gasteiger charge is -2.18. The van der Waals surface area contributed by atoms with Crippen LogP contribution in [0.15, 0.2) is 41.4 Å². The van der Waals surface area contributed by atoms with Gasteiger partial charge in [0.05, 0.1) is 11.8 Å². The fourth-order valence-electron chi connectivity index (χ4n) is 6.89. The van der Waals surface area contributed by atoms with Crippen LogP contribution >= 0.6 is 24.0 Å². The second-order valence-electron chi connectivity index (χ2n) is 9.80. The highest BCUT2D eigenvalue weighted by molar-refractivity contribution is 14.0. The van der Waals surface area contributed by atoms with Crippen molar-refractivity contribution in [3.63, 3.8) is 0 Å². The number of halogens is 1. The highest BCUT2D eigenvalue weighted by atomic mass is 127. The lowest BCUT2D eigenvalue weighted by molar-refractivity contribution is -0.140. The molecule has 1 aliphatic heterocycles. The van der Waals surface area contributed by atoms with Crippen LogP contribution in [-0.4, -0.2) is 49.4 Å². The Labute approximate surface area is 206 Å². The molecule has 1 aromatic carbocycles. The molecule has 0 radical (unpaired) electrons. The molecule has 170 valence electrons. The molecule has 1 heterocycles. The van der Waals surface area contributed by atoms with Crippen molar-refractivity contribution in [1.82, 2.24) is 15.5 Å². The number of imide groups is 1. The molecule has 5 aliphatic rings. The van der Waals surface area contributed by atoms with Gasteiger partial charge in [0.2, 0.25) is 11.8 Å². The van der Waals surface area contributed by atoms with Gasteiger partial charge in [0.25, 0.3) is 0 Å². The van der Waals surface area contributed by atoms with Crippen LogP contribution in [0.4, 0.5) is 0 Å². The Morgan fingerprint density at radius 1 is 1.06 bits per heavy atom. The Morgan fingerprint density at radius 2 is 1.78 bits per heavy atom. The summed E-state index contributed by atoms with van der Waals surface area (Å²) in [6.45, 7) is 1.84. The van der Waals surface area contributed by atoms with E-state index in [9.17, 15) is 9.59 Å². The van der Waals surface area contributed by atoms with E-state index in [1.54, 1.807) is 7.05 Å². The Kier molecular flexibility index (Phi) is 5.80. The van der Waals surface area contributed by atoms with Crippen molar-refractivity contribution in [1.29, 1.82) is 0 Å². The van der Waals surface area contributed by atoms with E-state index in [0.29, 0.717) is 24.9 Å². The third-order valence-corrected chi connectivity index (χ3v) is 8.41. The summed E-state index contributed by atoms with van der Waals surface area (Å²) in [6, 6.07) is 8.86. The number of guanidine groups is 1. The van der Waals surface area contributed by atoms with E-state index in [4.69, 9.17) is 0 Å². The van der Waals surface area contributed by atoms with Gasteiger partial charge in [0.15, 0.2) is 5.96 Å². The molecule has 2 bridgehead atoms. The number of aryl methyl sites for hydroxylation is 1. The number of carbonyl (C=O) groups is 2. The maximum absolute atomic E-state index is 12.8. The molecule has 2 saturated carbocycles. The predicted molar refractivity (Wildman–Crippen MR) is 134 cm³/mol. The van der Waals surface area contributed by atoms with Crippen molar-refractivity contribution >= 4 is 41.8 Å². The van der Waals surface area contributed by atoms with E-state index in [2.05, 4.69) is 52.0 Å². The maximum atomic E-state index is 12.8. The number of hydrogen-bond donors (Lipinski definition) is 2. The summed E-state index contributed by atoms with van der Waals surface area (Å²) >= 11 is 0. The van der Waals surface area contributed by atoms with Crippen molar-refractivity contribution < 1.29 is 9.59 Å². The molecule has 6 nitrogen and oxygen atoms in total. The van der Waals surface area contributed by atoms with Crippen LogP contribution in [0.1, 0.15) is 29.9 Å². The molecule has 7 atom stereocenters. The second kappa shape index (κ2) is 8.47. The monoisotopic (exact) mass is 546 g/mol.